The van der Waals surface area contributed by atoms with Crippen LogP contribution in [0, 0.1) is 25.6 Å². The number of piperidine rings is 1. The van der Waals surface area contributed by atoms with Crippen LogP contribution >= 0.6 is 0 Å². The number of nitrogens with one attached hydrogen (secondary N) is 1. The number of anilines is 1. The molecule has 5 heteroatoms. The molecule has 25 heavy (non-hydrogen) atoms. The molecule has 1 fully saturated rings. The highest BCUT2D eigenvalue weighted by Crippen LogP contribution is 2.22. The third-order valence-electron chi connectivity index (χ3n) is 4.77. The topological polar surface area (TPSA) is 45.2 Å². The number of aryl methyl sites for hydroxylation is 2. The van der Waals surface area contributed by atoms with Gasteiger partial charge < -0.3 is 10.2 Å². The van der Waals surface area contributed by atoms with E-state index < -0.39 is 0 Å². The van der Waals surface area contributed by atoms with Crippen LogP contribution in [0.1, 0.15) is 29.7 Å². The normalized spacial score (nSPS) is 15.2. The van der Waals surface area contributed by atoms with E-state index >= 15 is 0 Å². The molecule has 0 spiro atoms. The molecule has 0 atom stereocenters. The minimum atomic E-state index is -0.231. The second-order valence-corrected chi connectivity index (χ2v) is 6.70. The number of nitrogens with zero attached hydrogens (tertiary/aromatic N) is 2. The summed E-state index contributed by atoms with van der Waals surface area (Å²) in [6.07, 6.45) is 1.62. The molecule has 1 aromatic heterocycles. The fourth-order valence-electron chi connectivity index (χ4n) is 3.16. The summed E-state index contributed by atoms with van der Waals surface area (Å²) in [4.78, 5) is 19.2. The lowest BCUT2D eigenvalue weighted by atomic mass is 9.95. The van der Waals surface area contributed by atoms with E-state index in [1.54, 1.807) is 13.0 Å². The molecule has 0 saturated carbocycles. The lowest BCUT2D eigenvalue weighted by molar-refractivity contribution is -0.125. The first-order valence-corrected chi connectivity index (χ1v) is 8.74. The first kappa shape index (κ1) is 17.4. The lowest BCUT2D eigenvalue weighted by Gasteiger charge is -2.32. The van der Waals surface area contributed by atoms with E-state index in [1.807, 2.05) is 31.2 Å². The van der Waals surface area contributed by atoms with Crippen molar-refractivity contribution in [2.75, 3.05) is 18.0 Å². The highest BCUT2D eigenvalue weighted by Gasteiger charge is 2.25. The molecule has 3 rings (SSSR count). The maximum absolute atomic E-state index is 13.6. The predicted octanol–water partition coefficient (Wildman–Crippen LogP) is 3.37. The van der Waals surface area contributed by atoms with Gasteiger partial charge in [0.05, 0.1) is 0 Å². The van der Waals surface area contributed by atoms with Crippen molar-refractivity contribution in [3.05, 3.63) is 59.0 Å². The van der Waals surface area contributed by atoms with Crippen LogP contribution in [0.25, 0.3) is 0 Å². The Bertz CT molecular complexity index is 754. The average molecular weight is 341 g/mol. The minimum absolute atomic E-state index is 0.0105. The van der Waals surface area contributed by atoms with Crippen LogP contribution in [0.15, 0.2) is 36.4 Å². The van der Waals surface area contributed by atoms with Gasteiger partial charge in [0.15, 0.2) is 0 Å². The van der Waals surface area contributed by atoms with E-state index in [0.29, 0.717) is 12.1 Å². The smallest absolute Gasteiger partial charge is 0.223 e. The number of aromatic nitrogens is 1. The number of halogens is 1. The Kier molecular flexibility index (Phi) is 5.31. The molecule has 1 aromatic carbocycles. The quantitative estimate of drug-likeness (QED) is 0.927. The standard InChI is InChI=1S/C20H24FN3O/c1-14-6-7-16(12-18(14)21)13-22-20(25)17-8-10-24(11-9-17)19-5-3-4-15(2)23-19/h3-7,12,17H,8-11,13H2,1-2H3,(H,22,25). The van der Waals surface area contributed by atoms with Crippen molar-refractivity contribution in [2.45, 2.75) is 33.2 Å². The molecule has 0 bridgehead atoms. The molecule has 1 saturated heterocycles. The number of pyridine rings is 1. The minimum Gasteiger partial charge on any atom is -0.357 e. The molecule has 4 nitrogen and oxygen atoms in total. The Morgan fingerprint density at radius 2 is 2.00 bits per heavy atom. The highest BCUT2D eigenvalue weighted by atomic mass is 19.1. The van der Waals surface area contributed by atoms with E-state index in [1.165, 1.54) is 6.07 Å². The van der Waals surface area contributed by atoms with Gasteiger partial charge >= 0.3 is 0 Å². The average Bonchev–Trinajstić information content (AvgIpc) is 2.62. The second-order valence-electron chi connectivity index (χ2n) is 6.70. The number of carbonyl (C=O) groups excluding carboxylic acids is 1. The zero-order chi connectivity index (χ0) is 17.8. The zero-order valence-electron chi connectivity index (χ0n) is 14.8. The van der Waals surface area contributed by atoms with Gasteiger partial charge in [-0.3, -0.25) is 4.79 Å². The van der Waals surface area contributed by atoms with E-state index in [9.17, 15) is 9.18 Å². The predicted molar refractivity (Wildman–Crippen MR) is 96.9 cm³/mol. The molecule has 2 aromatic rings. The lowest BCUT2D eigenvalue weighted by Crippen LogP contribution is -2.40. The molecule has 1 amide bonds. The van der Waals surface area contributed by atoms with Crippen LogP contribution in [0.4, 0.5) is 10.2 Å². The van der Waals surface area contributed by atoms with Gasteiger partial charge in [0.25, 0.3) is 0 Å². The summed E-state index contributed by atoms with van der Waals surface area (Å²) < 4.78 is 13.6. The third-order valence-corrected chi connectivity index (χ3v) is 4.77. The van der Waals surface area contributed by atoms with Crippen molar-refractivity contribution < 1.29 is 9.18 Å². The third kappa shape index (κ3) is 4.35. The number of hydrogen-bond donors (Lipinski definition) is 1. The monoisotopic (exact) mass is 341 g/mol. The molecule has 2 heterocycles. The SMILES string of the molecule is Cc1cccc(N2CCC(C(=O)NCc3ccc(C)c(F)c3)CC2)n1. The molecule has 1 aliphatic rings. The maximum atomic E-state index is 13.6. The number of rotatable bonds is 4. The summed E-state index contributed by atoms with van der Waals surface area (Å²) in [6.45, 7) is 5.74. The molecule has 1 aliphatic heterocycles. The van der Waals surface area contributed by atoms with Crippen LogP contribution in [0.3, 0.4) is 0 Å². The molecular formula is C20H24FN3O. The van der Waals surface area contributed by atoms with Gasteiger partial charge in [0.2, 0.25) is 5.91 Å². The second kappa shape index (κ2) is 7.64. The van der Waals surface area contributed by atoms with Crippen molar-refractivity contribution in [1.29, 1.82) is 0 Å². The van der Waals surface area contributed by atoms with Crippen LogP contribution in [0.5, 0.6) is 0 Å². The van der Waals surface area contributed by atoms with Gasteiger partial charge in [-0.05, 0) is 56.0 Å². The summed E-state index contributed by atoms with van der Waals surface area (Å²) in [5, 5.41) is 2.94. The zero-order valence-corrected chi connectivity index (χ0v) is 14.8. The molecular weight excluding hydrogens is 317 g/mol. The summed E-state index contributed by atoms with van der Waals surface area (Å²) in [6, 6.07) is 11.1. The number of benzene rings is 1. The summed E-state index contributed by atoms with van der Waals surface area (Å²) in [5.74, 6) is 0.814. The number of carbonyl (C=O) groups is 1. The van der Waals surface area contributed by atoms with E-state index in [0.717, 1.165) is 43.0 Å². The fourth-order valence-corrected chi connectivity index (χ4v) is 3.16. The molecule has 0 radical (unpaired) electrons. The molecule has 132 valence electrons. The van der Waals surface area contributed by atoms with Crippen LogP contribution in [0.2, 0.25) is 0 Å². The number of hydrogen-bond acceptors (Lipinski definition) is 3. The Morgan fingerprint density at radius 1 is 1.24 bits per heavy atom. The molecule has 1 N–H and O–H groups in total. The van der Waals surface area contributed by atoms with Gasteiger partial charge in [-0.2, -0.15) is 0 Å². The van der Waals surface area contributed by atoms with Gasteiger partial charge in [-0.25, -0.2) is 9.37 Å². The van der Waals surface area contributed by atoms with Crippen molar-refractivity contribution in [3.63, 3.8) is 0 Å². The van der Waals surface area contributed by atoms with Gasteiger partial charge in [0, 0.05) is 31.2 Å². The van der Waals surface area contributed by atoms with E-state index in [2.05, 4.69) is 15.2 Å². The first-order valence-electron chi connectivity index (χ1n) is 8.74. The van der Waals surface area contributed by atoms with Crippen LogP contribution in [-0.2, 0) is 11.3 Å². The van der Waals surface area contributed by atoms with Crippen molar-refractivity contribution in [3.8, 4) is 0 Å². The summed E-state index contributed by atoms with van der Waals surface area (Å²) in [5.41, 5.74) is 2.41. The van der Waals surface area contributed by atoms with Crippen LogP contribution in [-0.4, -0.2) is 24.0 Å². The van der Waals surface area contributed by atoms with Gasteiger partial charge in [0.1, 0.15) is 11.6 Å². The largest absolute Gasteiger partial charge is 0.357 e. The number of amides is 1. The Hall–Kier alpha value is -2.43. The Morgan fingerprint density at radius 3 is 2.68 bits per heavy atom. The van der Waals surface area contributed by atoms with Gasteiger partial charge in [-0.15, -0.1) is 0 Å². The summed E-state index contributed by atoms with van der Waals surface area (Å²) >= 11 is 0. The van der Waals surface area contributed by atoms with Crippen molar-refractivity contribution >= 4 is 11.7 Å². The van der Waals surface area contributed by atoms with E-state index in [4.69, 9.17) is 0 Å². The van der Waals surface area contributed by atoms with Crippen molar-refractivity contribution in [1.82, 2.24) is 10.3 Å². The van der Waals surface area contributed by atoms with E-state index in [-0.39, 0.29) is 17.6 Å². The van der Waals surface area contributed by atoms with Crippen LogP contribution < -0.4 is 10.2 Å². The molecule has 0 unspecified atom stereocenters. The Labute approximate surface area is 148 Å². The highest BCUT2D eigenvalue weighted by molar-refractivity contribution is 5.79. The fraction of sp³-hybridized carbons (Fsp3) is 0.400. The summed E-state index contributed by atoms with van der Waals surface area (Å²) in [7, 11) is 0. The first-order chi connectivity index (χ1) is 12.0. The maximum Gasteiger partial charge on any atom is 0.223 e. The molecule has 0 aliphatic carbocycles. The van der Waals surface area contributed by atoms with Gasteiger partial charge in [-0.1, -0.05) is 18.2 Å². The Balaban J connectivity index is 1.50. The van der Waals surface area contributed by atoms with Crippen molar-refractivity contribution in [2.24, 2.45) is 5.92 Å².